The Morgan fingerprint density at radius 1 is 1.21 bits per heavy atom. The maximum Gasteiger partial charge on any atom is 0.248 e. The first kappa shape index (κ1) is 18.1. The number of carbonyl (C=O) groups is 2. The number of nitrogens with one attached hydrogen (secondary N) is 2. The van der Waals surface area contributed by atoms with Gasteiger partial charge in [-0.2, -0.15) is 0 Å². The summed E-state index contributed by atoms with van der Waals surface area (Å²) in [7, 11) is 0. The van der Waals surface area contributed by atoms with Crippen LogP contribution in [-0.4, -0.2) is 22.8 Å². The molecule has 2 amide bonds. The molecule has 0 saturated heterocycles. The van der Waals surface area contributed by atoms with Crippen LogP contribution in [0.25, 0.3) is 11.3 Å². The Morgan fingerprint density at radius 2 is 1.92 bits per heavy atom. The van der Waals surface area contributed by atoms with Crippen molar-refractivity contribution in [2.45, 2.75) is 40.7 Å². The standard InChI is InChI=1S/C18H23N3O2S/c1-10(2)16(19-13(5)22)17(23)21-18-20-15(9-24-18)14-7-6-11(3)8-12(14)4/h6-10,16H,1-5H3,(H,19,22)(H,20,21,23). The molecule has 1 heterocycles. The van der Waals surface area contributed by atoms with E-state index in [1.807, 2.05) is 38.3 Å². The van der Waals surface area contributed by atoms with Crippen LogP contribution in [0.15, 0.2) is 23.6 Å². The van der Waals surface area contributed by atoms with Gasteiger partial charge in [-0.15, -0.1) is 11.3 Å². The van der Waals surface area contributed by atoms with Gasteiger partial charge in [-0.3, -0.25) is 9.59 Å². The maximum atomic E-state index is 12.4. The zero-order valence-electron chi connectivity index (χ0n) is 14.6. The first-order chi connectivity index (χ1) is 11.3. The van der Waals surface area contributed by atoms with E-state index in [-0.39, 0.29) is 17.7 Å². The summed E-state index contributed by atoms with van der Waals surface area (Å²) >= 11 is 1.38. The number of anilines is 1. The Kier molecular flexibility index (Phi) is 5.72. The monoisotopic (exact) mass is 345 g/mol. The summed E-state index contributed by atoms with van der Waals surface area (Å²) < 4.78 is 0. The van der Waals surface area contributed by atoms with Crippen molar-refractivity contribution < 1.29 is 9.59 Å². The topological polar surface area (TPSA) is 71.1 Å². The second kappa shape index (κ2) is 7.57. The van der Waals surface area contributed by atoms with Crippen LogP contribution in [0.3, 0.4) is 0 Å². The highest BCUT2D eigenvalue weighted by atomic mass is 32.1. The minimum atomic E-state index is -0.573. The molecule has 24 heavy (non-hydrogen) atoms. The van der Waals surface area contributed by atoms with Crippen molar-refractivity contribution in [2.75, 3.05) is 5.32 Å². The van der Waals surface area contributed by atoms with E-state index >= 15 is 0 Å². The lowest BCUT2D eigenvalue weighted by Gasteiger charge is -2.20. The first-order valence-corrected chi connectivity index (χ1v) is 8.77. The number of benzene rings is 1. The first-order valence-electron chi connectivity index (χ1n) is 7.89. The van der Waals surface area contributed by atoms with Crippen LogP contribution >= 0.6 is 11.3 Å². The summed E-state index contributed by atoms with van der Waals surface area (Å²) in [5, 5.41) is 7.94. The zero-order chi connectivity index (χ0) is 17.9. The van der Waals surface area contributed by atoms with Crippen molar-refractivity contribution in [3.05, 3.63) is 34.7 Å². The summed E-state index contributed by atoms with van der Waals surface area (Å²) in [6.45, 7) is 9.29. The average Bonchev–Trinajstić information content (AvgIpc) is 2.92. The van der Waals surface area contributed by atoms with Gasteiger partial charge in [0, 0.05) is 17.9 Å². The van der Waals surface area contributed by atoms with Crippen LogP contribution in [0.5, 0.6) is 0 Å². The molecule has 1 aromatic carbocycles. The highest BCUT2D eigenvalue weighted by Gasteiger charge is 2.23. The van der Waals surface area contributed by atoms with Crippen LogP contribution in [0, 0.1) is 19.8 Å². The molecular formula is C18H23N3O2S. The largest absolute Gasteiger partial charge is 0.344 e. The summed E-state index contributed by atoms with van der Waals surface area (Å²) in [5.74, 6) is -0.478. The maximum absolute atomic E-state index is 12.4. The highest BCUT2D eigenvalue weighted by molar-refractivity contribution is 7.14. The quantitative estimate of drug-likeness (QED) is 0.871. The van der Waals surface area contributed by atoms with Crippen LogP contribution in [-0.2, 0) is 9.59 Å². The lowest BCUT2D eigenvalue weighted by Crippen LogP contribution is -2.46. The Labute approximate surface area is 146 Å². The van der Waals surface area contributed by atoms with Gasteiger partial charge in [0.05, 0.1) is 5.69 Å². The number of hydrogen-bond donors (Lipinski definition) is 2. The number of carbonyl (C=O) groups excluding carboxylic acids is 2. The number of aryl methyl sites for hydroxylation is 2. The molecule has 0 aliphatic rings. The van der Waals surface area contributed by atoms with Gasteiger partial charge in [0.15, 0.2) is 5.13 Å². The number of thiazole rings is 1. The van der Waals surface area contributed by atoms with Gasteiger partial charge in [-0.05, 0) is 25.3 Å². The van der Waals surface area contributed by atoms with E-state index < -0.39 is 6.04 Å². The molecular weight excluding hydrogens is 322 g/mol. The summed E-state index contributed by atoms with van der Waals surface area (Å²) in [5.41, 5.74) is 4.25. The summed E-state index contributed by atoms with van der Waals surface area (Å²) in [6, 6.07) is 5.62. The average molecular weight is 345 g/mol. The van der Waals surface area contributed by atoms with E-state index in [1.54, 1.807) is 0 Å². The zero-order valence-corrected chi connectivity index (χ0v) is 15.5. The molecule has 0 bridgehead atoms. The Morgan fingerprint density at radius 3 is 2.50 bits per heavy atom. The van der Waals surface area contributed by atoms with Gasteiger partial charge < -0.3 is 10.6 Å². The van der Waals surface area contributed by atoms with Crippen LogP contribution in [0.2, 0.25) is 0 Å². The van der Waals surface area contributed by atoms with Gasteiger partial charge in [0.1, 0.15) is 6.04 Å². The predicted molar refractivity (Wildman–Crippen MR) is 98.1 cm³/mol. The third-order valence-corrected chi connectivity index (χ3v) is 4.46. The fourth-order valence-electron chi connectivity index (χ4n) is 2.49. The SMILES string of the molecule is CC(=O)NC(C(=O)Nc1nc(-c2ccc(C)cc2C)cs1)C(C)C. The second-order valence-electron chi connectivity index (χ2n) is 6.27. The van der Waals surface area contributed by atoms with E-state index in [4.69, 9.17) is 0 Å². The van der Waals surface area contributed by atoms with E-state index in [9.17, 15) is 9.59 Å². The molecule has 2 aromatic rings. The molecule has 0 fully saturated rings. The van der Waals surface area contributed by atoms with Crippen molar-refractivity contribution in [3.8, 4) is 11.3 Å². The smallest absolute Gasteiger partial charge is 0.248 e. The molecule has 0 aliphatic heterocycles. The van der Waals surface area contributed by atoms with Gasteiger partial charge in [0.25, 0.3) is 0 Å². The van der Waals surface area contributed by atoms with Crippen molar-refractivity contribution in [1.82, 2.24) is 10.3 Å². The fraction of sp³-hybridized carbons (Fsp3) is 0.389. The van der Waals surface area contributed by atoms with E-state index in [0.717, 1.165) is 16.8 Å². The molecule has 1 unspecified atom stereocenters. The highest BCUT2D eigenvalue weighted by Crippen LogP contribution is 2.28. The Hall–Kier alpha value is -2.21. The van der Waals surface area contributed by atoms with Crippen LogP contribution in [0.4, 0.5) is 5.13 Å². The van der Waals surface area contributed by atoms with E-state index in [1.165, 1.54) is 23.8 Å². The minimum absolute atomic E-state index is 0.00678. The Bertz CT molecular complexity index is 752. The van der Waals surface area contributed by atoms with Gasteiger partial charge in [0.2, 0.25) is 11.8 Å². The molecule has 128 valence electrons. The number of nitrogens with zero attached hydrogens (tertiary/aromatic N) is 1. The van der Waals surface area contributed by atoms with E-state index in [0.29, 0.717) is 5.13 Å². The van der Waals surface area contributed by atoms with E-state index in [2.05, 4.69) is 28.6 Å². The number of rotatable bonds is 5. The van der Waals surface area contributed by atoms with Crippen molar-refractivity contribution >= 4 is 28.3 Å². The number of hydrogen-bond acceptors (Lipinski definition) is 4. The third-order valence-electron chi connectivity index (χ3n) is 3.70. The lowest BCUT2D eigenvalue weighted by atomic mass is 10.0. The van der Waals surface area contributed by atoms with Gasteiger partial charge in [-0.1, -0.05) is 37.6 Å². The summed E-state index contributed by atoms with van der Waals surface area (Å²) in [4.78, 5) is 28.2. The number of amides is 2. The molecule has 0 spiro atoms. The number of aromatic nitrogens is 1. The van der Waals surface area contributed by atoms with Crippen molar-refractivity contribution in [1.29, 1.82) is 0 Å². The van der Waals surface area contributed by atoms with Crippen LogP contribution < -0.4 is 10.6 Å². The molecule has 2 N–H and O–H groups in total. The molecule has 6 heteroatoms. The normalized spacial score (nSPS) is 12.1. The third kappa shape index (κ3) is 4.41. The minimum Gasteiger partial charge on any atom is -0.344 e. The van der Waals surface area contributed by atoms with Gasteiger partial charge in [-0.25, -0.2) is 4.98 Å². The predicted octanol–water partition coefficient (Wildman–Crippen LogP) is 3.53. The van der Waals surface area contributed by atoms with Gasteiger partial charge >= 0.3 is 0 Å². The van der Waals surface area contributed by atoms with Crippen molar-refractivity contribution in [2.24, 2.45) is 5.92 Å². The molecule has 5 nitrogen and oxygen atoms in total. The second-order valence-corrected chi connectivity index (χ2v) is 7.13. The fourth-order valence-corrected chi connectivity index (χ4v) is 3.21. The molecule has 0 saturated carbocycles. The molecule has 1 aromatic heterocycles. The van der Waals surface area contributed by atoms with Crippen molar-refractivity contribution in [3.63, 3.8) is 0 Å². The lowest BCUT2D eigenvalue weighted by molar-refractivity contribution is -0.126. The molecule has 0 aliphatic carbocycles. The van der Waals surface area contributed by atoms with Crippen LogP contribution in [0.1, 0.15) is 31.9 Å². The molecule has 0 radical (unpaired) electrons. The molecule has 2 rings (SSSR count). The molecule has 1 atom stereocenters. The summed E-state index contributed by atoms with van der Waals surface area (Å²) in [6.07, 6.45) is 0. The Balaban J connectivity index is 2.15.